The largest absolute Gasteiger partial charge is 0.369 e. The molecule has 31 heavy (non-hydrogen) atoms. The van der Waals surface area contributed by atoms with Crippen molar-refractivity contribution < 1.29 is 0 Å². The van der Waals surface area contributed by atoms with Crippen LogP contribution in [0.3, 0.4) is 0 Å². The van der Waals surface area contributed by atoms with E-state index in [1.54, 1.807) is 12.5 Å². The molecule has 4 aromatic rings. The number of H-pyrrole nitrogens is 1. The molecular formula is C22H21ClN8. The predicted octanol–water partition coefficient (Wildman–Crippen LogP) is 3.95. The van der Waals surface area contributed by atoms with Crippen LogP contribution in [-0.4, -0.2) is 44.6 Å². The highest BCUT2D eigenvalue weighted by atomic mass is 35.5. The molecule has 3 aromatic heterocycles. The molecule has 0 atom stereocenters. The van der Waals surface area contributed by atoms with E-state index in [0.717, 1.165) is 60.0 Å². The first-order valence-electron chi connectivity index (χ1n) is 10.3. The second kappa shape index (κ2) is 8.36. The summed E-state index contributed by atoms with van der Waals surface area (Å²) in [4.78, 5) is 22.8. The average Bonchev–Trinajstić information content (AvgIpc) is 3.29. The quantitative estimate of drug-likeness (QED) is 0.491. The third-order valence-corrected chi connectivity index (χ3v) is 6.10. The van der Waals surface area contributed by atoms with Gasteiger partial charge in [0.15, 0.2) is 11.5 Å². The Balaban J connectivity index is 1.45. The number of piperidine rings is 1. The topological polar surface area (TPSA) is 106 Å². The van der Waals surface area contributed by atoms with Gasteiger partial charge in [-0.1, -0.05) is 11.6 Å². The Kier molecular flexibility index (Phi) is 5.26. The summed E-state index contributed by atoms with van der Waals surface area (Å²) in [5.74, 6) is 0.828. The number of rotatable bonds is 5. The van der Waals surface area contributed by atoms with Crippen LogP contribution in [0.1, 0.15) is 18.4 Å². The number of hydrogen-bond donors (Lipinski definition) is 2. The van der Waals surface area contributed by atoms with Crippen molar-refractivity contribution in [1.82, 2.24) is 24.9 Å². The lowest BCUT2D eigenvalue weighted by molar-refractivity contribution is 0.487. The van der Waals surface area contributed by atoms with E-state index >= 15 is 0 Å². The Labute approximate surface area is 184 Å². The maximum Gasteiger partial charge on any atom is 0.162 e. The van der Waals surface area contributed by atoms with Gasteiger partial charge in [-0.15, -0.1) is 0 Å². The Morgan fingerprint density at radius 2 is 2.06 bits per heavy atom. The van der Waals surface area contributed by atoms with Crippen molar-refractivity contribution in [2.24, 2.45) is 5.92 Å². The number of fused-ring (bicyclic) bond motifs is 2. The van der Waals surface area contributed by atoms with Crippen molar-refractivity contribution in [3.8, 4) is 6.07 Å². The van der Waals surface area contributed by atoms with E-state index in [1.165, 1.54) is 6.33 Å². The standard InChI is InChI=1S/C22H21ClN8/c23-17-10-15(3-7-26-21-19-22(28-12-27-19)30-13-29-21)20(18-16(17)2-1-6-25-18)31-8-4-14(11-24)5-9-31/h1-2,6,10,12-14H,3-5,7-9H2,(H2,26,27,28,29,30). The second-order valence-electron chi connectivity index (χ2n) is 7.65. The van der Waals surface area contributed by atoms with E-state index in [1.807, 2.05) is 18.2 Å². The number of hydrogen-bond acceptors (Lipinski definition) is 7. The van der Waals surface area contributed by atoms with E-state index in [4.69, 9.17) is 11.6 Å². The first kappa shape index (κ1) is 19.5. The highest BCUT2D eigenvalue weighted by Crippen LogP contribution is 2.36. The van der Waals surface area contributed by atoms with Crippen LogP contribution in [0.4, 0.5) is 11.5 Å². The summed E-state index contributed by atoms with van der Waals surface area (Å²) in [6.45, 7) is 2.34. The number of nitrogens with one attached hydrogen (secondary N) is 2. The van der Waals surface area contributed by atoms with Gasteiger partial charge in [-0.2, -0.15) is 5.26 Å². The fraction of sp³-hybridized carbons (Fsp3) is 0.318. The number of aromatic amines is 1. The molecule has 156 valence electrons. The molecule has 0 bridgehead atoms. The molecule has 1 fully saturated rings. The Bertz CT molecular complexity index is 1270. The van der Waals surface area contributed by atoms with Gasteiger partial charge in [0.2, 0.25) is 0 Å². The molecule has 8 nitrogen and oxygen atoms in total. The number of nitrogens with zero attached hydrogens (tertiary/aromatic N) is 6. The molecule has 0 aliphatic carbocycles. The van der Waals surface area contributed by atoms with Crippen LogP contribution in [-0.2, 0) is 6.42 Å². The number of imidazole rings is 1. The smallest absolute Gasteiger partial charge is 0.162 e. The fourth-order valence-electron chi connectivity index (χ4n) is 4.22. The minimum atomic E-state index is 0.127. The molecule has 9 heteroatoms. The normalized spacial score (nSPS) is 14.8. The third-order valence-electron chi connectivity index (χ3n) is 5.79. The molecule has 1 aliphatic heterocycles. The number of pyridine rings is 1. The molecule has 0 amide bonds. The minimum absolute atomic E-state index is 0.127. The molecule has 5 rings (SSSR count). The van der Waals surface area contributed by atoms with Gasteiger partial charge in [-0.05, 0) is 43.0 Å². The molecule has 4 heterocycles. The van der Waals surface area contributed by atoms with Gasteiger partial charge in [0.05, 0.1) is 28.6 Å². The number of anilines is 2. The average molecular weight is 433 g/mol. The van der Waals surface area contributed by atoms with Gasteiger partial charge in [-0.25, -0.2) is 15.0 Å². The van der Waals surface area contributed by atoms with Crippen LogP contribution in [0.15, 0.2) is 37.1 Å². The summed E-state index contributed by atoms with van der Waals surface area (Å²) >= 11 is 6.62. The van der Waals surface area contributed by atoms with Crippen molar-refractivity contribution in [3.63, 3.8) is 0 Å². The first-order valence-corrected chi connectivity index (χ1v) is 10.7. The fourth-order valence-corrected chi connectivity index (χ4v) is 4.51. The van der Waals surface area contributed by atoms with Gasteiger partial charge < -0.3 is 15.2 Å². The zero-order valence-electron chi connectivity index (χ0n) is 16.8. The zero-order chi connectivity index (χ0) is 21.2. The Morgan fingerprint density at radius 3 is 2.90 bits per heavy atom. The lowest BCUT2D eigenvalue weighted by Gasteiger charge is -2.33. The number of aromatic nitrogens is 5. The highest BCUT2D eigenvalue weighted by molar-refractivity contribution is 6.36. The van der Waals surface area contributed by atoms with Crippen molar-refractivity contribution in [1.29, 1.82) is 5.26 Å². The first-order chi connectivity index (χ1) is 15.2. The SMILES string of the molecule is N#CC1CCN(c2c(CCNc3ncnc4[nH]cnc34)cc(Cl)c3cccnc23)CC1. The maximum absolute atomic E-state index is 9.27. The van der Waals surface area contributed by atoms with Crippen molar-refractivity contribution in [3.05, 3.63) is 47.6 Å². The third kappa shape index (κ3) is 3.73. The van der Waals surface area contributed by atoms with Crippen LogP contribution >= 0.6 is 11.6 Å². The minimum Gasteiger partial charge on any atom is -0.369 e. The number of nitriles is 1. The maximum atomic E-state index is 9.27. The summed E-state index contributed by atoms with van der Waals surface area (Å²) in [6.07, 6.45) is 7.41. The number of benzene rings is 1. The van der Waals surface area contributed by atoms with Crippen LogP contribution in [0.2, 0.25) is 5.02 Å². The van der Waals surface area contributed by atoms with E-state index in [9.17, 15) is 5.26 Å². The van der Waals surface area contributed by atoms with Gasteiger partial charge in [0.25, 0.3) is 0 Å². The molecular weight excluding hydrogens is 412 g/mol. The number of halogens is 1. The molecule has 2 N–H and O–H groups in total. The molecule has 1 saturated heterocycles. The molecule has 0 saturated carbocycles. The lowest BCUT2D eigenvalue weighted by atomic mass is 9.96. The van der Waals surface area contributed by atoms with Gasteiger partial charge >= 0.3 is 0 Å². The van der Waals surface area contributed by atoms with E-state index in [2.05, 4.69) is 41.2 Å². The highest BCUT2D eigenvalue weighted by Gasteiger charge is 2.24. The van der Waals surface area contributed by atoms with Crippen LogP contribution in [0.5, 0.6) is 0 Å². The van der Waals surface area contributed by atoms with Crippen LogP contribution < -0.4 is 10.2 Å². The summed E-state index contributed by atoms with van der Waals surface area (Å²) in [5, 5.41) is 14.3. The van der Waals surface area contributed by atoms with Crippen LogP contribution in [0.25, 0.3) is 22.1 Å². The summed E-state index contributed by atoms with van der Waals surface area (Å²) in [6, 6.07) is 8.37. The van der Waals surface area contributed by atoms with E-state index in [0.29, 0.717) is 23.0 Å². The summed E-state index contributed by atoms with van der Waals surface area (Å²) in [5.41, 5.74) is 4.59. The van der Waals surface area contributed by atoms with Gasteiger partial charge in [0, 0.05) is 37.1 Å². The zero-order valence-corrected chi connectivity index (χ0v) is 17.6. The van der Waals surface area contributed by atoms with Crippen LogP contribution in [0, 0.1) is 17.2 Å². The molecule has 1 aromatic carbocycles. The monoisotopic (exact) mass is 432 g/mol. The van der Waals surface area contributed by atoms with E-state index in [-0.39, 0.29) is 5.92 Å². The van der Waals surface area contributed by atoms with Crippen molar-refractivity contribution >= 4 is 45.2 Å². The Hall–Kier alpha value is -3.44. The lowest BCUT2D eigenvalue weighted by Crippen LogP contribution is -2.34. The second-order valence-corrected chi connectivity index (χ2v) is 8.06. The molecule has 1 aliphatic rings. The molecule has 0 radical (unpaired) electrons. The predicted molar refractivity (Wildman–Crippen MR) is 121 cm³/mol. The molecule has 0 unspecified atom stereocenters. The van der Waals surface area contributed by atoms with E-state index < -0.39 is 0 Å². The van der Waals surface area contributed by atoms with Gasteiger partial charge in [0.1, 0.15) is 11.8 Å². The molecule has 0 spiro atoms. The summed E-state index contributed by atoms with van der Waals surface area (Å²) in [7, 11) is 0. The summed E-state index contributed by atoms with van der Waals surface area (Å²) < 4.78 is 0. The van der Waals surface area contributed by atoms with Crippen molar-refractivity contribution in [2.75, 3.05) is 29.9 Å². The van der Waals surface area contributed by atoms with Crippen molar-refractivity contribution in [2.45, 2.75) is 19.3 Å². The Morgan fingerprint density at radius 1 is 1.19 bits per heavy atom. The van der Waals surface area contributed by atoms with Gasteiger partial charge in [-0.3, -0.25) is 4.98 Å².